The van der Waals surface area contributed by atoms with Crippen LogP contribution in [0, 0.1) is 6.92 Å². The van der Waals surface area contributed by atoms with Crippen molar-refractivity contribution in [1.82, 2.24) is 9.97 Å². The van der Waals surface area contributed by atoms with Crippen LogP contribution >= 0.6 is 0 Å². The molecule has 2 rings (SSSR count). The number of hydrogen-bond donors (Lipinski definition) is 2. The molecule has 1 aromatic heterocycles. The lowest BCUT2D eigenvalue weighted by Gasteiger charge is -2.24. The minimum Gasteiger partial charge on any atom is -0.388 e. The molecule has 1 fully saturated rings. The second kappa shape index (κ2) is 3.99. The van der Waals surface area contributed by atoms with E-state index in [0.29, 0.717) is 6.61 Å². The van der Waals surface area contributed by atoms with Gasteiger partial charge in [0.25, 0.3) is 0 Å². The van der Waals surface area contributed by atoms with Crippen molar-refractivity contribution in [2.45, 2.75) is 38.5 Å². The Hall–Kier alpha value is -1.20. The van der Waals surface area contributed by atoms with Crippen LogP contribution in [-0.4, -0.2) is 39.4 Å². The molecule has 88 valence electrons. The van der Waals surface area contributed by atoms with Crippen molar-refractivity contribution in [3.05, 3.63) is 18.1 Å². The van der Waals surface area contributed by atoms with Gasteiger partial charge in [-0.05, 0) is 20.8 Å². The summed E-state index contributed by atoms with van der Waals surface area (Å²) in [5.74, 6) is 0.720. The van der Waals surface area contributed by atoms with Gasteiger partial charge in [0.1, 0.15) is 18.2 Å². The Labute approximate surface area is 94.9 Å². The number of aromatic nitrogens is 2. The summed E-state index contributed by atoms with van der Waals surface area (Å²) in [6, 6.07) is 1.72. The third kappa shape index (κ3) is 2.15. The number of hydrogen-bond acceptors (Lipinski definition) is 5. The van der Waals surface area contributed by atoms with Gasteiger partial charge in [-0.25, -0.2) is 9.97 Å². The number of rotatable bonds is 2. The van der Waals surface area contributed by atoms with E-state index in [2.05, 4.69) is 15.3 Å². The highest BCUT2D eigenvalue weighted by Gasteiger charge is 2.42. The summed E-state index contributed by atoms with van der Waals surface area (Å²) in [4.78, 5) is 8.11. The number of aryl methyl sites for hydroxylation is 1. The Morgan fingerprint density at radius 1 is 1.50 bits per heavy atom. The maximum absolute atomic E-state index is 10.0. The van der Waals surface area contributed by atoms with Crippen molar-refractivity contribution in [1.29, 1.82) is 0 Å². The minimum absolute atomic E-state index is 0.121. The lowest BCUT2D eigenvalue weighted by atomic mass is 9.99. The van der Waals surface area contributed by atoms with Crippen LogP contribution < -0.4 is 5.32 Å². The van der Waals surface area contributed by atoms with Crippen molar-refractivity contribution in [2.24, 2.45) is 0 Å². The Morgan fingerprint density at radius 2 is 2.25 bits per heavy atom. The Balaban J connectivity index is 2.06. The highest BCUT2D eigenvalue weighted by atomic mass is 16.5. The number of ether oxygens (including phenoxy) is 1. The standard InChI is InChI=1S/C11H17N3O2/c1-7-4-9(13-6-12-7)14-8-5-16-11(2,3)10(8)15/h4,6,8,10,15H,5H2,1-3H3,(H,12,13,14)/t8-,10+/m1/s1. The molecule has 2 N–H and O–H groups in total. The molecule has 0 unspecified atom stereocenters. The highest BCUT2D eigenvalue weighted by Crippen LogP contribution is 2.27. The molecule has 0 aromatic carbocycles. The van der Waals surface area contributed by atoms with Gasteiger partial charge in [-0.1, -0.05) is 0 Å². The van der Waals surface area contributed by atoms with Gasteiger partial charge in [-0.2, -0.15) is 0 Å². The molecule has 0 radical (unpaired) electrons. The highest BCUT2D eigenvalue weighted by molar-refractivity contribution is 5.36. The van der Waals surface area contributed by atoms with Crippen LogP contribution in [-0.2, 0) is 4.74 Å². The van der Waals surface area contributed by atoms with Crippen molar-refractivity contribution in [3.8, 4) is 0 Å². The molecule has 0 amide bonds. The first-order chi connectivity index (χ1) is 7.49. The van der Waals surface area contributed by atoms with E-state index in [1.54, 1.807) is 0 Å². The van der Waals surface area contributed by atoms with Crippen LogP contribution in [0.4, 0.5) is 5.82 Å². The summed E-state index contributed by atoms with van der Waals surface area (Å²) in [7, 11) is 0. The molecule has 0 spiro atoms. The second-order valence-corrected chi connectivity index (χ2v) is 4.65. The van der Waals surface area contributed by atoms with E-state index in [1.165, 1.54) is 6.33 Å². The summed E-state index contributed by atoms with van der Waals surface area (Å²) in [6.07, 6.45) is 0.966. The SMILES string of the molecule is Cc1cc(N[C@@H]2COC(C)(C)[C@H]2O)ncn1. The fourth-order valence-corrected chi connectivity index (χ4v) is 1.81. The molecule has 0 bridgehead atoms. The summed E-state index contributed by atoms with van der Waals surface area (Å²) < 4.78 is 5.51. The third-order valence-corrected chi connectivity index (χ3v) is 2.87. The van der Waals surface area contributed by atoms with Crippen LogP contribution in [0.5, 0.6) is 0 Å². The molecule has 5 heteroatoms. The van der Waals surface area contributed by atoms with Gasteiger partial charge in [-0.15, -0.1) is 0 Å². The lowest BCUT2D eigenvalue weighted by molar-refractivity contribution is -0.0291. The Kier molecular flexibility index (Phi) is 2.82. The lowest BCUT2D eigenvalue weighted by Crippen LogP contribution is -2.41. The molecule has 1 aliphatic rings. The number of nitrogens with zero attached hydrogens (tertiary/aromatic N) is 2. The fraction of sp³-hybridized carbons (Fsp3) is 0.636. The van der Waals surface area contributed by atoms with Crippen LogP contribution in [0.1, 0.15) is 19.5 Å². The first-order valence-electron chi connectivity index (χ1n) is 5.36. The molecular formula is C11H17N3O2. The first-order valence-corrected chi connectivity index (χ1v) is 5.36. The number of aliphatic hydroxyl groups excluding tert-OH is 1. The average molecular weight is 223 g/mol. The molecule has 2 heterocycles. The largest absolute Gasteiger partial charge is 0.388 e. The number of anilines is 1. The normalized spacial score (nSPS) is 28.0. The van der Waals surface area contributed by atoms with Gasteiger partial charge in [0, 0.05) is 11.8 Å². The summed E-state index contributed by atoms with van der Waals surface area (Å²) in [5, 5.41) is 13.2. The molecule has 0 aliphatic carbocycles. The Bertz CT molecular complexity index is 381. The van der Waals surface area contributed by atoms with Gasteiger partial charge < -0.3 is 15.2 Å². The van der Waals surface area contributed by atoms with Crippen LogP contribution in [0.2, 0.25) is 0 Å². The third-order valence-electron chi connectivity index (χ3n) is 2.87. The molecule has 16 heavy (non-hydrogen) atoms. The van der Waals surface area contributed by atoms with Gasteiger partial charge in [0.15, 0.2) is 0 Å². The number of aliphatic hydroxyl groups is 1. The van der Waals surface area contributed by atoms with E-state index in [9.17, 15) is 5.11 Å². The first kappa shape index (κ1) is 11.3. The predicted molar refractivity (Wildman–Crippen MR) is 60.2 cm³/mol. The molecule has 1 aliphatic heterocycles. The molecule has 1 saturated heterocycles. The average Bonchev–Trinajstić information content (AvgIpc) is 2.45. The van der Waals surface area contributed by atoms with E-state index in [1.807, 2.05) is 26.8 Å². The molecular weight excluding hydrogens is 206 g/mol. The zero-order chi connectivity index (χ0) is 11.8. The zero-order valence-corrected chi connectivity index (χ0v) is 9.77. The quantitative estimate of drug-likeness (QED) is 0.774. The Morgan fingerprint density at radius 3 is 2.81 bits per heavy atom. The monoisotopic (exact) mass is 223 g/mol. The van der Waals surface area contributed by atoms with Gasteiger partial charge in [0.2, 0.25) is 0 Å². The van der Waals surface area contributed by atoms with Gasteiger partial charge in [-0.3, -0.25) is 0 Å². The summed E-state index contributed by atoms with van der Waals surface area (Å²) in [6.45, 7) is 6.14. The predicted octanol–water partition coefficient (Wildman–Crippen LogP) is 0.735. The zero-order valence-electron chi connectivity index (χ0n) is 9.77. The van der Waals surface area contributed by atoms with E-state index in [0.717, 1.165) is 11.5 Å². The minimum atomic E-state index is -0.539. The maximum atomic E-state index is 10.0. The van der Waals surface area contributed by atoms with Crippen LogP contribution in [0.3, 0.4) is 0 Å². The van der Waals surface area contributed by atoms with Crippen molar-refractivity contribution in [3.63, 3.8) is 0 Å². The van der Waals surface area contributed by atoms with E-state index in [4.69, 9.17) is 4.74 Å². The van der Waals surface area contributed by atoms with Crippen molar-refractivity contribution < 1.29 is 9.84 Å². The van der Waals surface area contributed by atoms with E-state index < -0.39 is 11.7 Å². The maximum Gasteiger partial charge on any atom is 0.129 e. The molecule has 0 saturated carbocycles. The smallest absolute Gasteiger partial charge is 0.129 e. The summed E-state index contributed by atoms with van der Waals surface area (Å²) in [5.41, 5.74) is 0.393. The van der Waals surface area contributed by atoms with Crippen LogP contribution in [0.25, 0.3) is 0 Å². The second-order valence-electron chi connectivity index (χ2n) is 4.65. The van der Waals surface area contributed by atoms with Crippen LogP contribution in [0.15, 0.2) is 12.4 Å². The van der Waals surface area contributed by atoms with Crippen molar-refractivity contribution in [2.75, 3.05) is 11.9 Å². The van der Waals surface area contributed by atoms with E-state index >= 15 is 0 Å². The molecule has 1 aromatic rings. The molecule has 5 nitrogen and oxygen atoms in total. The van der Waals surface area contributed by atoms with Crippen molar-refractivity contribution >= 4 is 5.82 Å². The fourth-order valence-electron chi connectivity index (χ4n) is 1.81. The number of nitrogens with one attached hydrogen (secondary N) is 1. The topological polar surface area (TPSA) is 67.3 Å². The molecule has 2 atom stereocenters. The summed E-state index contributed by atoms with van der Waals surface area (Å²) >= 11 is 0. The van der Waals surface area contributed by atoms with Gasteiger partial charge >= 0.3 is 0 Å². The van der Waals surface area contributed by atoms with Gasteiger partial charge in [0.05, 0.1) is 18.2 Å². The van der Waals surface area contributed by atoms with E-state index in [-0.39, 0.29) is 6.04 Å².